The van der Waals surface area contributed by atoms with Crippen molar-refractivity contribution in [2.24, 2.45) is 10.7 Å². The molecule has 0 radical (unpaired) electrons. The Morgan fingerprint density at radius 2 is 2.05 bits per heavy atom. The molecule has 2 rings (SSSR count). The van der Waals surface area contributed by atoms with Gasteiger partial charge in [-0.05, 0) is 18.6 Å². The molecule has 112 valence electrons. The Hall–Kier alpha value is -2.37. The largest absolute Gasteiger partial charge is 0.397 e. The van der Waals surface area contributed by atoms with Gasteiger partial charge in [-0.3, -0.25) is 4.79 Å². The van der Waals surface area contributed by atoms with Gasteiger partial charge in [-0.1, -0.05) is 26.2 Å². The molecule has 4 N–H and O–H groups in total. The summed E-state index contributed by atoms with van der Waals surface area (Å²) in [5, 5.41) is 4.25. The second kappa shape index (κ2) is 6.88. The van der Waals surface area contributed by atoms with E-state index < -0.39 is 0 Å². The molecule has 0 saturated carbocycles. The number of nitrogens with two attached hydrogens (primary N) is 2. The Morgan fingerprint density at radius 1 is 1.24 bits per heavy atom. The molecule has 1 aliphatic rings. The van der Waals surface area contributed by atoms with Crippen molar-refractivity contribution in [2.45, 2.75) is 39.2 Å². The lowest BCUT2D eigenvalue weighted by atomic mass is 10.1. The highest BCUT2D eigenvalue weighted by Crippen LogP contribution is 2.23. The average molecular weight is 287 g/mol. The highest BCUT2D eigenvalue weighted by atomic mass is 16.1. The lowest BCUT2D eigenvalue weighted by Gasteiger charge is -2.06. The smallest absolute Gasteiger partial charge is 0.180 e. The maximum atomic E-state index is 11.2. The van der Waals surface area contributed by atoms with Crippen molar-refractivity contribution in [3.05, 3.63) is 30.1 Å². The van der Waals surface area contributed by atoms with E-state index in [4.69, 9.17) is 11.5 Å². The number of hydrogen-bond donors (Lipinski definition) is 2. The summed E-state index contributed by atoms with van der Waals surface area (Å²) < 4.78 is 1.76. The Balaban J connectivity index is 2.08. The van der Waals surface area contributed by atoms with Crippen LogP contribution in [0.5, 0.6) is 0 Å². The molecule has 0 amide bonds. The zero-order chi connectivity index (χ0) is 15.2. The maximum absolute atomic E-state index is 11.2. The van der Waals surface area contributed by atoms with Crippen molar-refractivity contribution >= 4 is 23.0 Å². The van der Waals surface area contributed by atoms with Crippen LogP contribution in [0.25, 0.3) is 0 Å². The minimum absolute atomic E-state index is 0.133. The third-order valence-electron chi connectivity index (χ3n) is 3.32. The lowest BCUT2D eigenvalue weighted by molar-refractivity contribution is -0.110. The van der Waals surface area contributed by atoms with E-state index in [0.717, 1.165) is 13.0 Å². The second-order valence-corrected chi connectivity index (χ2v) is 5.03. The second-order valence-electron chi connectivity index (χ2n) is 5.03. The molecular weight excluding hydrogens is 266 g/mol. The third-order valence-corrected chi connectivity index (χ3v) is 3.32. The number of nitrogens with zero attached hydrogens (tertiary/aromatic N) is 3. The van der Waals surface area contributed by atoms with E-state index in [1.807, 2.05) is 0 Å². The zero-order valence-electron chi connectivity index (χ0n) is 12.2. The van der Waals surface area contributed by atoms with Gasteiger partial charge in [-0.25, -0.2) is 9.67 Å². The van der Waals surface area contributed by atoms with Crippen LogP contribution in [-0.2, 0) is 11.3 Å². The van der Waals surface area contributed by atoms with Gasteiger partial charge in [0.25, 0.3) is 0 Å². The van der Waals surface area contributed by atoms with E-state index in [2.05, 4.69) is 17.0 Å². The number of anilines is 1. The van der Waals surface area contributed by atoms with Crippen LogP contribution < -0.4 is 11.5 Å². The predicted octanol–water partition coefficient (Wildman–Crippen LogP) is 2.10. The van der Waals surface area contributed by atoms with Gasteiger partial charge < -0.3 is 11.5 Å². The molecule has 0 spiro atoms. The Kier molecular flexibility index (Phi) is 4.92. The average Bonchev–Trinajstić information content (AvgIpc) is 2.79. The molecule has 1 heterocycles. The van der Waals surface area contributed by atoms with Crippen molar-refractivity contribution in [1.29, 1.82) is 0 Å². The zero-order valence-corrected chi connectivity index (χ0v) is 12.2. The number of ketones is 1. The van der Waals surface area contributed by atoms with E-state index in [0.29, 0.717) is 22.9 Å². The molecule has 1 aromatic rings. The lowest BCUT2D eigenvalue weighted by Crippen LogP contribution is -2.14. The van der Waals surface area contributed by atoms with Gasteiger partial charge in [0.15, 0.2) is 5.78 Å². The first-order valence-electron chi connectivity index (χ1n) is 7.21. The number of unbranched alkanes of at least 4 members (excludes halogenated alkanes) is 3. The summed E-state index contributed by atoms with van der Waals surface area (Å²) in [6.07, 6.45) is 10.6. The fourth-order valence-corrected chi connectivity index (χ4v) is 2.10. The fraction of sp³-hybridized carbons (Fsp3) is 0.400. The number of aryl methyl sites for hydroxylation is 1. The van der Waals surface area contributed by atoms with E-state index >= 15 is 0 Å². The molecule has 0 aliphatic heterocycles. The molecular formula is C15H21N5O. The van der Waals surface area contributed by atoms with Gasteiger partial charge >= 0.3 is 0 Å². The molecule has 0 saturated heterocycles. The monoisotopic (exact) mass is 287 g/mol. The normalized spacial score (nSPS) is 16.5. The number of allylic oxidation sites excluding steroid dienone is 3. The van der Waals surface area contributed by atoms with E-state index in [1.165, 1.54) is 31.4 Å². The SMILES string of the molecule is CCCCCCn1ncc(/N=C2/C=CC(=O)C=C2N)c1N. The summed E-state index contributed by atoms with van der Waals surface area (Å²) >= 11 is 0. The molecule has 1 aliphatic carbocycles. The molecule has 0 aromatic carbocycles. The molecule has 0 fully saturated rings. The van der Waals surface area contributed by atoms with Crippen LogP contribution in [0.2, 0.25) is 0 Å². The quantitative estimate of drug-likeness (QED) is 0.618. The van der Waals surface area contributed by atoms with Crippen LogP contribution in [0.15, 0.2) is 35.1 Å². The van der Waals surface area contributed by atoms with Crippen LogP contribution in [0, 0.1) is 0 Å². The van der Waals surface area contributed by atoms with Crippen molar-refractivity contribution in [3.8, 4) is 0 Å². The van der Waals surface area contributed by atoms with Gasteiger partial charge in [0, 0.05) is 12.6 Å². The van der Waals surface area contributed by atoms with Crippen LogP contribution in [0.3, 0.4) is 0 Å². The van der Waals surface area contributed by atoms with Crippen molar-refractivity contribution in [1.82, 2.24) is 9.78 Å². The Bertz CT molecular complexity index is 610. The minimum atomic E-state index is -0.133. The molecule has 0 unspecified atom stereocenters. The summed E-state index contributed by atoms with van der Waals surface area (Å²) in [7, 11) is 0. The number of aliphatic imine (C=N–C) groups is 1. The summed E-state index contributed by atoms with van der Waals surface area (Å²) in [4.78, 5) is 15.5. The number of rotatable bonds is 6. The maximum Gasteiger partial charge on any atom is 0.180 e. The van der Waals surface area contributed by atoms with Crippen molar-refractivity contribution in [2.75, 3.05) is 5.73 Å². The fourth-order valence-electron chi connectivity index (χ4n) is 2.10. The van der Waals surface area contributed by atoms with Gasteiger partial charge in [0.1, 0.15) is 11.5 Å². The van der Waals surface area contributed by atoms with Crippen LogP contribution in [0.4, 0.5) is 11.5 Å². The topological polar surface area (TPSA) is 99.3 Å². The number of nitrogen functional groups attached to an aromatic ring is 1. The summed E-state index contributed by atoms with van der Waals surface area (Å²) in [6, 6.07) is 0. The van der Waals surface area contributed by atoms with Crippen LogP contribution >= 0.6 is 0 Å². The number of carbonyl (C=O) groups is 1. The molecule has 1 aromatic heterocycles. The van der Waals surface area contributed by atoms with Crippen molar-refractivity contribution < 1.29 is 4.79 Å². The van der Waals surface area contributed by atoms with Gasteiger partial charge in [-0.15, -0.1) is 0 Å². The van der Waals surface area contributed by atoms with Gasteiger partial charge in [0.2, 0.25) is 0 Å². The van der Waals surface area contributed by atoms with Crippen LogP contribution in [0.1, 0.15) is 32.6 Å². The first-order chi connectivity index (χ1) is 10.1. The standard InChI is InChI=1S/C15H21N5O/c1-2-3-4-5-8-20-15(17)14(10-18-20)19-13-7-6-11(21)9-12(13)16/h6-7,9-10H,2-5,8,16-17H2,1H3/b19-13-. The predicted molar refractivity (Wildman–Crippen MR) is 84.3 cm³/mol. The molecule has 0 bridgehead atoms. The summed E-state index contributed by atoms with van der Waals surface area (Å²) in [5.41, 5.74) is 13.3. The first-order valence-corrected chi connectivity index (χ1v) is 7.21. The van der Waals surface area contributed by atoms with Crippen molar-refractivity contribution in [3.63, 3.8) is 0 Å². The summed E-state index contributed by atoms with van der Waals surface area (Å²) in [6.45, 7) is 2.97. The number of aromatic nitrogens is 2. The summed E-state index contributed by atoms with van der Waals surface area (Å²) in [5.74, 6) is 0.392. The van der Waals surface area contributed by atoms with Gasteiger partial charge in [-0.2, -0.15) is 5.10 Å². The van der Waals surface area contributed by atoms with Crippen LogP contribution in [-0.4, -0.2) is 21.3 Å². The third kappa shape index (κ3) is 3.81. The van der Waals surface area contributed by atoms with E-state index in [9.17, 15) is 4.79 Å². The minimum Gasteiger partial charge on any atom is -0.397 e. The molecule has 0 atom stereocenters. The highest BCUT2D eigenvalue weighted by Gasteiger charge is 2.11. The first kappa shape index (κ1) is 15.0. The van der Waals surface area contributed by atoms with E-state index in [1.54, 1.807) is 17.0 Å². The van der Waals surface area contributed by atoms with E-state index in [-0.39, 0.29) is 5.78 Å². The Morgan fingerprint density at radius 3 is 2.76 bits per heavy atom. The highest BCUT2D eigenvalue weighted by molar-refractivity contribution is 6.19. The molecule has 21 heavy (non-hydrogen) atoms. The van der Waals surface area contributed by atoms with Gasteiger partial charge in [0.05, 0.1) is 17.6 Å². The molecule has 6 heteroatoms. The number of carbonyl (C=O) groups excluding carboxylic acids is 1. The number of hydrogen-bond acceptors (Lipinski definition) is 5. The Labute approximate surface area is 124 Å². The molecule has 6 nitrogen and oxygen atoms in total.